The van der Waals surface area contributed by atoms with Gasteiger partial charge in [0.05, 0.1) is 23.6 Å². The SMILES string of the molecule is C[C@@H]1CN(c2ccncc2N)C[C@H](C)[C@@H]1n1cncn1. The molecule has 0 spiro atoms. The first-order valence-electron chi connectivity index (χ1n) is 6.95. The molecule has 0 unspecified atom stereocenters. The minimum absolute atomic E-state index is 0.386. The van der Waals surface area contributed by atoms with Gasteiger partial charge in [-0.3, -0.25) is 4.98 Å². The van der Waals surface area contributed by atoms with Crippen molar-refractivity contribution in [1.82, 2.24) is 19.7 Å². The quantitative estimate of drug-likeness (QED) is 0.898. The van der Waals surface area contributed by atoms with Crippen LogP contribution in [0.25, 0.3) is 0 Å². The number of hydrogen-bond acceptors (Lipinski definition) is 5. The lowest BCUT2D eigenvalue weighted by molar-refractivity contribution is 0.206. The van der Waals surface area contributed by atoms with Gasteiger partial charge < -0.3 is 10.6 Å². The normalized spacial score (nSPS) is 26.7. The Morgan fingerprint density at radius 1 is 1.20 bits per heavy atom. The molecule has 6 heteroatoms. The first kappa shape index (κ1) is 12.9. The lowest BCUT2D eigenvalue weighted by Gasteiger charge is -2.42. The maximum absolute atomic E-state index is 6.04. The molecule has 3 heterocycles. The topological polar surface area (TPSA) is 72.9 Å². The number of rotatable bonds is 2. The predicted molar refractivity (Wildman–Crippen MR) is 78.2 cm³/mol. The Morgan fingerprint density at radius 2 is 1.95 bits per heavy atom. The molecule has 0 aliphatic carbocycles. The van der Waals surface area contributed by atoms with E-state index in [9.17, 15) is 0 Å². The molecule has 6 nitrogen and oxygen atoms in total. The molecule has 3 atom stereocenters. The summed E-state index contributed by atoms with van der Waals surface area (Å²) in [4.78, 5) is 10.5. The van der Waals surface area contributed by atoms with Gasteiger partial charge in [0.15, 0.2) is 0 Å². The Morgan fingerprint density at radius 3 is 2.55 bits per heavy atom. The van der Waals surface area contributed by atoms with Crippen molar-refractivity contribution in [3.63, 3.8) is 0 Å². The van der Waals surface area contributed by atoms with Crippen LogP contribution in [-0.2, 0) is 0 Å². The summed E-state index contributed by atoms with van der Waals surface area (Å²) in [6, 6.07) is 2.38. The van der Waals surface area contributed by atoms with Crippen LogP contribution in [0, 0.1) is 11.8 Å². The van der Waals surface area contributed by atoms with Crippen LogP contribution >= 0.6 is 0 Å². The highest BCUT2D eigenvalue weighted by atomic mass is 15.3. The highest BCUT2D eigenvalue weighted by Gasteiger charge is 2.34. The molecule has 0 amide bonds. The molecule has 1 aliphatic rings. The average molecular weight is 272 g/mol. The van der Waals surface area contributed by atoms with Crippen LogP contribution < -0.4 is 10.6 Å². The number of hydrogen-bond donors (Lipinski definition) is 1. The average Bonchev–Trinajstić information content (AvgIpc) is 2.92. The third kappa shape index (κ3) is 2.21. The molecule has 0 aromatic carbocycles. The van der Waals surface area contributed by atoms with E-state index in [4.69, 9.17) is 5.73 Å². The van der Waals surface area contributed by atoms with E-state index in [-0.39, 0.29) is 0 Å². The molecule has 0 bridgehead atoms. The summed E-state index contributed by atoms with van der Waals surface area (Å²) in [7, 11) is 0. The third-order valence-electron chi connectivity index (χ3n) is 4.09. The molecule has 2 aromatic heterocycles. The maximum Gasteiger partial charge on any atom is 0.137 e. The van der Waals surface area contributed by atoms with Gasteiger partial charge in [0.25, 0.3) is 0 Å². The Labute approximate surface area is 118 Å². The summed E-state index contributed by atoms with van der Waals surface area (Å²) < 4.78 is 1.99. The second kappa shape index (κ2) is 5.11. The van der Waals surface area contributed by atoms with Crippen molar-refractivity contribution in [3.05, 3.63) is 31.1 Å². The van der Waals surface area contributed by atoms with Gasteiger partial charge >= 0.3 is 0 Å². The van der Waals surface area contributed by atoms with Crippen LogP contribution in [0.1, 0.15) is 19.9 Å². The van der Waals surface area contributed by atoms with Crippen LogP contribution in [0.4, 0.5) is 11.4 Å². The fourth-order valence-corrected chi connectivity index (χ4v) is 3.32. The van der Waals surface area contributed by atoms with Gasteiger partial charge in [0, 0.05) is 19.3 Å². The van der Waals surface area contributed by atoms with Crippen LogP contribution in [0.2, 0.25) is 0 Å². The molecule has 1 aliphatic heterocycles. The van der Waals surface area contributed by atoms with Crippen LogP contribution in [0.15, 0.2) is 31.1 Å². The Balaban J connectivity index is 1.83. The van der Waals surface area contributed by atoms with Gasteiger partial charge in [0.1, 0.15) is 12.7 Å². The molecule has 20 heavy (non-hydrogen) atoms. The monoisotopic (exact) mass is 272 g/mol. The standard InChI is InChI=1S/C14H20N6/c1-10-6-19(13-3-4-16-5-12(13)15)7-11(2)14(10)20-9-17-8-18-20/h3-5,8-11,14H,6-7,15H2,1-2H3/t10-,11+,14-. The number of aromatic nitrogens is 4. The number of nitrogens with zero attached hydrogens (tertiary/aromatic N) is 5. The van der Waals surface area contributed by atoms with Crippen molar-refractivity contribution >= 4 is 11.4 Å². The minimum atomic E-state index is 0.386. The van der Waals surface area contributed by atoms with Gasteiger partial charge in [-0.25, -0.2) is 9.67 Å². The first-order chi connectivity index (χ1) is 9.66. The van der Waals surface area contributed by atoms with Gasteiger partial charge in [-0.1, -0.05) is 13.8 Å². The third-order valence-corrected chi connectivity index (χ3v) is 4.09. The van der Waals surface area contributed by atoms with E-state index >= 15 is 0 Å². The van der Waals surface area contributed by atoms with Gasteiger partial charge in [-0.15, -0.1) is 0 Å². The van der Waals surface area contributed by atoms with Gasteiger partial charge in [-0.05, 0) is 17.9 Å². The zero-order valence-corrected chi connectivity index (χ0v) is 11.8. The van der Waals surface area contributed by atoms with E-state index in [2.05, 4.69) is 33.8 Å². The molecular weight excluding hydrogens is 252 g/mol. The highest BCUT2D eigenvalue weighted by Crippen LogP contribution is 2.35. The maximum atomic E-state index is 6.04. The van der Waals surface area contributed by atoms with Gasteiger partial charge in [0.2, 0.25) is 0 Å². The Hall–Kier alpha value is -2.11. The second-order valence-corrected chi connectivity index (χ2v) is 5.66. The lowest BCUT2D eigenvalue weighted by Crippen LogP contribution is -2.45. The molecule has 2 aromatic rings. The van der Waals surface area contributed by atoms with Crippen molar-refractivity contribution < 1.29 is 0 Å². The molecule has 0 saturated carbocycles. The van der Waals surface area contributed by atoms with Crippen molar-refractivity contribution in [1.29, 1.82) is 0 Å². The molecule has 2 N–H and O–H groups in total. The second-order valence-electron chi connectivity index (χ2n) is 5.66. The summed E-state index contributed by atoms with van der Waals surface area (Å²) in [5.74, 6) is 0.959. The number of piperidine rings is 1. The number of nitrogens with two attached hydrogens (primary N) is 1. The van der Waals surface area contributed by atoms with Crippen molar-refractivity contribution in [3.8, 4) is 0 Å². The van der Waals surface area contributed by atoms with Crippen molar-refractivity contribution in [2.45, 2.75) is 19.9 Å². The summed E-state index contributed by atoms with van der Waals surface area (Å²) in [6.07, 6.45) is 6.93. The van der Waals surface area contributed by atoms with E-state index in [1.54, 1.807) is 18.7 Å². The number of pyridine rings is 1. The number of anilines is 2. The van der Waals surface area contributed by atoms with E-state index in [0.29, 0.717) is 17.9 Å². The van der Waals surface area contributed by atoms with Crippen molar-refractivity contribution in [2.75, 3.05) is 23.7 Å². The highest BCUT2D eigenvalue weighted by molar-refractivity contribution is 5.66. The largest absolute Gasteiger partial charge is 0.396 e. The first-order valence-corrected chi connectivity index (χ1v) is 6.95. The molecule has 106 valence electrons. The molecular formula is C14H20N6. The van der Waals surface area contributed by atoms with E-state index in [1.165, 1.54) is 0 Å². The van der Waals surface area contributed by atoms with E-state index in [0.717, 1.165) is 24.5 Å². The molecule has 3 rings (SSSR count). The fourth-order valence-electron chi connectivity index (χ4n) is 3.32. The van der Waals surface area contributed by atoms with Crippen LogP contribution in [0.3, 0.4) is 0 Å². The van der Waals surface area contributed by atoms with Gasteiger partial charge in [-0.2, -0.15) is 5.10 Å². The van der Waals surface area contributed by atoms with Crippen LogP contribution in [-0.4, -0.2) is 32.8 Å². The minimum Gasteiger partial charge on any atom is -0.396 e. The summed E-state index contributed by atoms with van der Waals surface area (Å²) >= 11 is 0. The molecule has 1 saturated heterocycles. The van der Waals surface area contributed by atoms with E-state index in [1.807, 2.05) is 17.1 Å². The predicted octanol–water partition coefficient (Wildman–Crippen LogP) is 1.59. The summed E-state index contributed by atoms with van der Waals surface area (Å²) in [5, 5.41) is 4.31. The number of nitrogen functional groups attached to an aromatic ring is 1. The summed E-state index contributed by atoms with van der Waals surface area (Å²) in [5.41, 5.74) is 7.86. The Kier molecular flexibility index (Phi) is 3.30. The summed E-state index contributed by atoms with van der Waals surface area (Å²) in [6.45, 7) is 6.44. The van der Waals surface area contributed by atoms with Crippen LogP contribution in [0.5, 0.6) is 0 Å². The molecule has 0 radical (unpaired) electrons. The lowest BCUT2D eigenvalue weighted by atomic mass is 9.85. The zero-order valence-electron chi connectivity index (χ0n) is 11.8. The zero-order chi connectivity index (χ0) is 14.1. The van der Waals surface area contributed by atoms with E-state index < -0.39 is 0 Å². The Bertz CT molecular complexity index is 555. The molecule has 1 fully saturated rings. The van der Waals surface area contributed by atoms with Crippen molar-refractivity contribution in [2.24, 2.45) is 11.8 Å². The smallest absolute Gasteiger partial charge is 0.137 e. The fraction of sp³-hybridized carbons (Fsp3) is 0.500.